The van der Waals surface area contributed by atoms with E-state index >= 15 is 0 Å². The molecule has 0 saturated carbocycles. The van der Waals surface area contributed by atoms with Gasteiger partial charge in [0.05, 0.1) is 12.6 Å². The van der Waals surface area contributed by atoms with Crippen LogP contribution in [0.2, 0.25) is 0 Å². The number of carbonyl (C=O) groups excluding carboxylic acids is 2. The van der Waals surface area contributed by atoms with Crippen molar-refractivity contribution in [3.8, 4) is 0 Å². The average Bonchev–Trinajstić information content (AvgIpc) is 1.94. The molecule has 0 aromatic rings. The van der Waals surface area contributed by atoms with E-state index in [1.807, 2.05) is 11.9 Å². The lowest BCUT2D eigenvalue weighted by atomic mass is 10.0. The first-order valence-corrected chi connectivity index (χ1v) is 4.08. The molecule has 1 N–H and O–H groups in total. The van der Waals surface area contributed by atoms with Crippen LogP contribution < -0.4 is 5.32 Å². The van der Waals surface area contributed by atoms with Crippen LogP contribution in [0.15, 0.2) is 0 Å². The molecule has 4 heteroatoms. The van der Waals surface area contributed by atoms with Crippen molar-refractivity contribution >= 4 is 11.7 Å². The van der Waals surface area contributed by atoms with Crippen molar-refractivity contribution in [1.29, 1.82) is 0 Å². The normalized spacial score (nSPS) is 25.5. The van der Waals surface area contributed by atoms with Crippen molar-refractivity contribution in [1.82, 2.24) is 10.2 Å². The lowest BCUT2D eigenvalue weighted by Gasteiger charge is -2.27. The number of rotatable bonds is 1. The largest absolute Gasteiger partial charge is 0.346 e. The molecular weight excluding hydrogens is 156 g/mol. The van der Waals surface area contributed by atoms with Gasteiger partial charge in [-0.2, -0.15) is 0 Å². The SMILES string of the molecule is CC(=O)NC1CCN(C)CC1=O. The Kier molecular flexibility index (Phi) is 2.81. The first-order valence-electron chi connectivity index (χ1n) is 4.08. The summed E-state index contributed by atoms with van der Waals surface area (Å²) >= 11 is 0. The molecule has 12 heavy (non-hydrogen) atoms. The Balaban J connectivity index is 2.45. The summed E-state index contributed by atoms with van der Waals surface area (Å²) in [5, 5.41) is 2.64. The zero-order valence-corrected chi connectivity index (χ0v) is 7.46. The second kappa shape index (κ2) is 3.67. The Morgan fingerprint density at radius 3 is 2.83 bits per heavy atom. The van der Waals surface area contributed by atoms with Crippen molar-refractivity contribution in [3.05, 3.63) is 0 Å². The van der Waals surface area contributed by atoms with Gasteiger partial charge in [-0.15, -0.1) is 0 Å². The standard InChI is InChI=1S/C8H14N2O2/c1-6(11)9-7-3-4-10(2)5-8(7)12/h7H,3-5H2,1-2H3,(H,9,11). The minimum atomic E-state index is -0.251. The number of ketones is 1. The Hall–Kier alpha value is -0.900. The van der Waals surface area contributed by atoms with Gasteiger partial charge in [0.2, 0.25) is 5.91 Å². The highest BCUT2D eigenvalue weighted by molar-refractivity contribution is 5.90. The fraction of sp³-hybridized carbons (Fsp3) is 0.750. The van der Waals surface area contributed by atoms with Gasteiger partial charge in [0.1, 0.15) is 0 Å². The Morgan fingerprint density at radius 2 is 2.33 bits per heavy atom. The number of amides is 1. The van der Waals surface area contributed by atoms with E-state index in [-0.39, 0.29) is 17.7 Å². The van der Waals surface area contributed by atoms with Gasteiger partial charge in [-0.25, -0.2) is 0 Å². The molecular formula is C8H14N2O2. The molecule has 0 spiro atoms. The summed E-state index contributed by atoms with van der Waals surface area (Å²) < 4.78 is 0. The molecule has 0 aromatic heterocycles. The number of likely N-dealkylation sites (N-methyl/N-ethyl adjacent to an activating group) is 1. The third kappa shape index (κ3) is 2.30. The van der Waals surface area contributed by atoms with Crippen LogP contribution >= 0.6 is 0 Å². The van der Waals surface area contributed by atoms with Gasteiger partial charge in [0.25, 0.3) is 0 Å². The highest BCUT2D eigenvalue weighted by atomic mass is 16.2. The number of hydrogen-bond donors (Lipinski definition) is 1. The number of carbonyl (C=O) groups is 2. The van der Waals surface area contributed by atoms with Crippen LogP contribution in [0, 0.1) is 0 Å². The Bertz CT molecular complexity index is 203. The van der Waals surface area contributed by atoms with Gasteiger partial charge in [0.15, 0.2) is 5.78 Å². The van der Waals surface area contributed by atoms with Crippen molar-refractivity contribution in [2.24, 2.45) is 0 Å². The van der Waals surface area contributed by atoms with E-state index in [4.69, 9.17) is 0 Å². The van der Waals surface area contributed by atoms with Gasteiger partial charge in [-0.1, -0.05) is 0 Å². The monoisotopic (exact) mass is 170 g/mol. The molecule has 1 unspecified atom stereocenters. The van der Waals surface area contributed by atoms with Crippen LogP contribution in [-0.2, 0) is 9.59 Å². The number of hydrogen-bond acceptors (Lipinski definition) is 3. The second-order valence-electron chi connectivity index (χ2n) is 3.25. The summed E-state index contributed by atoms with van der Waals surface area (Å²) in [5.41, 5.74) is 0. The summed E-state index contributed by atoms with van der Waals surface area (Å²) in [4.78, 5) is 23.9. The van der Waals surface area contributed by atoms with E-state index in [0.29, 0.717) is 6.54 Å². The maximum absolute atomic E-state index is 11.3. The van der Waals surface area contributed by atoms with Crippen molar-refractivity contribution in [2.75, 3.05) is 20.1 Å². The summed E-state index contributed by atoms with van der Waals surface area (Å²) in [5.74, 6) is -0.0168. The van der Waals surface area contributed by atoms with Gasteiger partial charge >= 0.3 is 0 Å². The van der Waals surface area contributed by atoms with Crippen LogP contribution in [-0.4, -0.2) is 42.8 Å². The van der Waals surface area contributed by atoms with Gasteiger partial charge < -0.3 is 5.32 Å². The molecule has 1 saturated heterocycles. The smallest absolute Gasteiger partial charge is 0.217 e. The van der Waals surface area contributed by atoms with Crippen molar-refractivity contribution in [2.45, 2.75) is 19.4 Å². The van der Waals surface area contributed by atoms with E-state index in [1.54, 1.807) is 0 Å². The van der Waals surface area contributed by atoms with E-state index in [2.05, 4.69) is 5.32 Å². The van der Waals surface area contributed by atoms with E-state index < -0.39 is 0 Å². The molecule has 0 aromatic carbocycles. The van der Waals surface area contributed by atoms with Crippen LogP contribution in [0.5, 0.6) is 0 Å². The molecule has 1 amide bonds. The Labute approximate surface area is 71.9 Å². The fourth-order valence-corrected chi connectivity index (χ4v) is 1.36. The fourth-order valence-electron chi connectivity index (χ4n) is 1.36. The van der Waals surface area contributed by atoms with E-state index in [0.717, 1.165) is 13.0 Å². The first-order chi connectivity index (χ1) is 5.59. The molecule has 1 rings (SSSR count). The van der Waals surface area contributed by atoms with Gasteiger partial charge in [-0.3, -0.25) is 14.5 Å². The third-order valence-electron chi connectivity index (χ3n) is 1.99. The van der Waals surface area contributed by atoms with Crippen molar-refractivity contribution < 1.29 is 9.59 Å². The molecule has 1 atom stereocenters. The summed E-state index contributed by atoms with van der Waals surface area (Å²) in [6, 6.07) is -0.251. The van der Waals surface area contributed by atoms with Gasteiger partial charge in [-0.05, 0) is 13.5 Å². The minimum absolute atomic E-state index is 0.110. The number of Topliss-reactive ketones (excluding diaryl/α,β-unsaturated/α-hetero) is 1. The quantitative estimate of drug-likeness (QED) is 0.571. The molecule has 68 valence electrons. The molecule has 1 fully saturated rings. The predicted molar refractivity (Wildman–Crippen MR) is 44.7 cm³/mol. The first kappa shape index (κ1) is 9.19. The molecule has 0 bridgehead atoms. The van der Waals surface area contributed by atoms with Gasteiger partial charge in [0, 0.05) is 13.5 Å². The number of piperidine rings is 1. The lowest BCUT2D eigenvalue weighted by Crippen LogP contribution is -2.49. The summed E-state index contributed by atoms with van der Waals surface area (Å²) in [7, 11) is 1.90. The van der Waals surface area contributed by atoms with Crippen LogP contribution in [0.4, 0.5) is 0 Å². The summed E-state index contributed by atoms with van der Waals surface area (Å²) in [6.07, 6.45) is 0.731. The topological polar surface area (TPSA) is 49.4 Å². The number of likely N-dealkylation sites (tertiary alicyclic amines) is 1. The zero-order valence-electron chi connectivity index (χ0n) is 7.46. The summed E-state index contributed by atoms with van der Waals surface area (Å²) in [6.45, 7) is 2.76. The molecule has 4 nitrogen and oxygen atoms in total. The molecule has 1 aliphatic heterocycles. The molecule has 1 aliphatic rings. The minimum Gasteiger partial charge on any atom is -0.346 e. The number of nitrogens with zero attached hydrogens (tertiary/aromatic N) is 1. The van der Waals surface area contributed by atoms with Crippen LogP contribution in [0.25, 0.3) is 0 Å². The highest BCUT2D eigenvalue weighted by Crippen LogP contribution is 2.04. The molecule has 0 radical (unpaired) electrons. The number of nitrogens with one attached hydrogen (secondary N) is 1. The maximum atomic E-state index is 11.3. The van der Waals surface area contributed by atoms with Crippen LogP contribution in [0.1, 0.15) is 13.3 Å². The zero-order chi connectivity index (χ0) is 9.14. The average molecular weight is 170 g/mol. The van der Waals surface area contributed by atoms with Crippen LogP contribution in [0.3, 0.4) is 0 Å². The highest BCUT2D eigenvalue weighted by Gasteiger charge is 2.25. The van der Waals surface area contributed by atoms with E-state index in [9.17, 15) is 9.59 Å². The molecule has 0 aliphatic carbocycles. The van der Waals surface area contributed by atoms with E-state index in [1.165, 1.54) is 6.92 Å². The van der Waals surface area contributed by atoms with Crippen molar-refractivity contribution in [3.63, 3.8) is 0 Å². The second-order valence-corrected chi connectivity index (χ2v) is 3.25. The molecule has 1 heterocycles. The predicted octanol–water partition coefficient (Wildman–Crippen LogP) is -0.604. The maximum Gasteiger partial charge on any atom is 0.217 e. The lowest BCUT2D eigenvalue weighted by molar-refractivity contribution is -0.129. The third-order valence-corrected chi connectivity index (χ3v) is 1.99. The Morgan fingerprint density at radius 1 is 1.67 bits per heavy atom.